The number of hydrogen-bond donors (Lipinski definition) is 0. The minimum absolute atomic E-state index is 0.500. The fraction of sp³-hybridized carbons (Fsp3) is 0.400. The van der Waals surface area contributed by atoms with Gasteiger partial charge in [-0.3, -0.25) is 10.1 Å². The third-order valence-electron chi connectivity index (χ3n) is 0.667. The van der Waals surface area contributed by atoms with E-state index in [9.17, 15) is 0 Å². The molecule has 0 saturated heterocycles. The molecule has 0 N–H and O–H groups in total. The first-order chi connectivity index (χ1) is 6.15. The van der Waals surface area contributed by atoms with Gasteiger partial charge in [-0.05, 0) is 0 Å². The Morgan fingerprint density at radius 1 is 1.00 bits per heavy atom. The summed E-state index contributed by atoms with van der Waals surface area (Å²) in [7, 11) is 0.889. The molecule has 0 aliphatic heterocycles. The van der Waals surface area contributed by atoms with Gasteiger partial charge in [-0.15, -0.1) is 0 Å². The lowest BCUT2D eigenvalue weighted by atomic mass is 10.4. The van der Waals surface area contributed by atoms with E-state index in [1.54, 1.807) is 0 Å². The molecule has 0 fully saturated rings. The monoisotopic (exact) mass is 183 g/mol. The zero-order valence-electron chi connectivity index (χ0n) is 8.43. The summed E-state index contributed by atoms with van der Waals surface area (Å²) in [6, 6.07) is 12.0. The van der Waals surface area contributed by atoms with E-state index >= 15 is 0 Å². The molecular weight excluding hydrogens is 166 g/mol. The van der Waals surface area contributed by atoms with Crippen LogP contribution in [0.4, 0.5) is 0 Å². The molecule has 3 nitrogen and oxygen atoms in total. The van der Waals surface area contributed by atoms with Gasteiger partial charge >= 0.3 is 0 Å². The van der Waals surface area contributed by atoms with E-state index in [1.165, 1.54) is 6.42 Å². The second-order valence-electron chi connectivity index (χ2n) is 2.30. The molecule has 0 saturated carbocycles. The molecule has 13 heavy (non-hydrogen) atoms. The maximum atomic E-state index is 8.81. The van der Waals surface area contributed by atoms with Crippen molar-refractivity contribution >= 4 is 0 Å². The third kappa shape index (κ3) is 37.0. The molecule has 1 aromatic carbocycles. The lowest BCUT2D eigenvalue weighted by molar-refractivity contribution is -0.445. The standard InChI is InChI=1S/C6H6.C3H8.CH3NO2/c1-2-4-6-5-3-1;1-3-2;1-2(3)4/h1-6H;3H2,1-2H3;1H3. The quantitative estimate of drug-likeness (QED) is 0.458. The van der Waals surface area contributed by atoms with Crippen molar-refractivity contribution in [1.29, 1.82) is 0 Å². The molecule has 0 radical (unpaired) electrons. The van der Waals surface area contributed by atoms with E-state index in [0.717, 1.165) is 7.05 Å². The van der Waals surface area contributed by atoms with Gasteiger partial charge in [-0.25, -0.2) is 0 Å². The minimum atomic E-state index is -0.500. The number of rotatable bonds is 0. The van der Waals surface area contributed by atoms with Crippen LogP contribution < -0.4 is 0 Å². The first-order valence-corrected chi connectivity index (χ1v) is 4.23. The molecule has 0 bridgehead atoms. The molecule has 74 valence electrons. The van der Waals surface area contributed by atoms with Crippen LogP contribution in [0.5, 0.6) is 0 Å². The molecule has 0 unspecified atom stereocenters. The van der Waals surface area contributed by atoms with Crippen molar-refractivity contribution in [3.8, 4) is 0 Å². The van der Waals surface area contributed by atoms with Crippen LogP contribution in [0.1, 0.15) is 20.3 Å². The summed E-state index contributed by atoms with van der Waals surface area (Å²) in [6.07, 6.45) is 1.25. The average Bonchev–Trinajstić information content (AvgIpc) is 2.08. The molecule has 0 atom stereocenters. The lowest BCUT2D eigenvalue weighted by Gasteiger charge is -1.69. The van der Waals surface area contributed by atoms with Crippen LogP contribution in [-0.2, 0) is 0 Å². The predicted octanol–water partition coefficient (Wildman–Crippen LogP) is 3.00. The summed E-state index contributed by atoms with van der Waals surface area (Å²) in [5.41, 5.74) is 0. The van der Waals surface area contributed by atoms with Gasteiger partial charge in [0.1, 0.15) is 0 Å². The van der Waals surface area contributed by atoms with E-state index in [0.29, 0.717) is 0 Å². The summed E-state index contributed by atoms with van der Waals surface area (Å²) < 4.78 is 0. The number of nitro groups is 1. The topological polar surface area (TPSA) is 43.1 Å². The summed E-state index contributed by atoms with van der Waals surface area (Å²) in [6.45, 7) is 4.25. The van der Waals surface area contributed by atoms with Gasteiger partial charge in [-0.1, -0.05) is 56.7 Å². The molecule has 0 heterocycles. The fourth-order valence-corrected chi connectivity index (χ4v) is 0.385. The van der Waals surface area contributed by atoms with Crippen molar-refractivity contribution in [2.45, 2.75) is 20.3 Å². The molecule has 0 spiro atoms. The smallest absolute Gasteiger partial charge is 0.194 e. The van der Waals surface area contributed by atoms with E-state index in [1.807, 2.05) is 36.4 Å². The number of hydrogen-bond acceptors (Lipinski definition) is 2. The zero-order chi connectivity index (χ0) is 10.5. The van der Waals surface area contributed by atoms with Gasteiger partial charge in [0.15, 0.2) is 7.05 Å². The van der Waals surface area contributed by atoms with Gasteiger partial charge in [0, 0.05) is 4.92 Å². The summed E-state index contributed by atoms with van der Waals surface area (Å²) in [5.74, 6) is 0. The molecule has 0 aliphatic carbocycles. The van der Waals surface area contributed by atoms with E-state index < -0.39 is 4.92 Å². The van der Waals surface area contributed by atoms with Crippen LogP contribution >= 0.6 is 0 Å². The highest BCUT2D eigenvalue weighted by Gasteiger charge is 1.58. The number of nitrogens with zero attached hydrogens (tertiary/aromatic N) is 1. The highest BCUT2D eigenvalue weighted by Crippen LogP contribution is 1.79. The Kier molecular flexibility index (Phi) is 14.4. The maximum Gasteiger partial charge on any atom is 0.194 e. The van der Waals surface area contributed by atoms with Crippen LogP contribution in [0.2, 0.25) is 0 Å². The average molecular weight is 183 g/mol. The molecule has 3 heteroatoms. The molecule has 0 aliphatic rings. The van der Waals surface area contributed by atoms with Crippen LogP contribution in [-0.4, -0.2) is 12.0 Å². The van der Waals surface area contributed by atoms with Gasteiger partial charge < -0.3 is 0 Å². The normalized spacial score (nSPS) is 7.00. The Balaban J connectivity index is 0. The van der Waals surface area contributed by atoms with Crippen molar-refractivity contribution in [1.82, 2.24) is 0 Å². The van der Waals surface area contributed by atoms with Crippen molar-refractivity contribution < 1.29 is 4.92 Å². The maximum absolute atomic E-state index is 8.81. The Morgan fingerprint density at radius 3 is 1.15 bits per heavy atom. The van der Waals surface area contributed by atoms with E-state index in [4.69, 9.17) is 10.1 Å². The SMILES string of the molecule is CCC.C[N+](=O)[O-].c1ccccc1. The van der Waals surface area contributed by atoms with Crippen LogP contribution in [0.25, 0.3) is 0 Å². The molecule has 0 aromatic heterocycles. The lowest BCUT2D eigenvalue weighted by Crippen LogP contribution is -1.79. The van der Waals surface area contributed by atoms with Gasteiger partial charge in [-0.2, -0.15) is 0 Å². The van der Waals surface area contributed by atoms with Gasteiger partial charge in [0.25, 0.3) is 0 Å². The van der Waals surface area contributed by atoms with Crippen molar-refractivity contribution in [3.63, 3.8) is 0 Å². The molecule has 0 amide bonds. The number of benzene rings is 1. The second kappa shape index (κ2) is 13.2. The molecule has 1 rings (SSSR count). The highest BCUT2D eigenvalue weighted by atomic mass is 16.6. The van der Waals surface area contributed by atoms with Gasteiger partial charge in [0.05, 0.1) is 0 Å². The Hall–Kier alpha value is -1.38. The zero-order valence-corrected chi connectivity index (χ0v) is 8.43. The van der Waals surface area contributed by atoms with Crippen molar-refractivity contribution in [2.24, 2.45) is 0 Å². The van der Waals surface area contributed by atoms with Crippen LogP contribution in [0.15, 0.2) is 36.4 Å². The third-order valence-corrected chi connectivity index (χ3v) is 0.667. The fourth-order valence-electron chi connectivity index (χ4n) is 0.385. The summed E-state index contributed by atoms with van der Waals surface area (Å²) >= 11 is 0. The first kappa shape index (κ1) is 14.2. The largest absolute Gasteiger partial charge is 0.265 e. The van der Waals surface area contributed by atoms with Crippen LogP contribution in [0, 0.1) is 10.1 Å². The molecule has 1 aromatic rings. The summed E-state index contributed by atoms with van der Waals surface area (Å²) in [5, 5.41) is 8.81. The molecular formula is C10H17NO2. The summed E-state index contributed by atoms with van der Waals surface area (Å²) in [4.78, 5) is 8.31. The van der Waals surface area contributed by atoms with Gasteiger partial charge in [0.2, 0.25) is 0 Å². The van der Waals surface area contributed by atoms with Crippen molar-refractivity contribution in [3.05, 3.63) is 46.5 Å². The Bertz CT molecular complexity index is 157. The predicted molar refractivity (Wildman–Crippen MR) is 55.3 cm³/mol. The Labute approximate surface area is 79.6 Å². The van der Waals surface area contributed by atoms with E-state index in [-0.39, 0.29) is 0 Å². The first-order valence-electron chi connectivity index (χ1n) is 4.23. The van der Waals surface area contributed by atoms with E-state index in [2.05, 4.69) is 13.8 Å². The van der Waals surface area contributed by atoms with Crippen molar-refractivity contribution in [2.75, 3.05) is 7.05 Å². The second-order valence-corrected chi connectivity index (χ2v) is 2.30. The minimum Gasteiger partial charge on any atom is -0.265 e. The Morgan fingerprint density at radius 2 is 1.08 bits per heavy atom. The highest BCUT2D eigenvalue weighted by molar-refractivity contribution is 4.99. The van der Waals surface area contributed by atoms with Crippen LogP contribution in [0.3, 0.4) is 0 Å².